The molecule has 6 heteroatoms. The van der Waals surface area contributed by atoms with Gasteiger partial charge >= 0.3 is 0 Å². The molecule has 1 fully saturated rings. The van der Waals surface area contributed by atoms with Crippen molar-refractivity contribution in [2.75, 3.05) is 39.3 Å². The maximum atomic E-state index is 11.4. The number of hydrogen-bond acceptors (Lipinski definition) is 5. The molecule has 0 bridgehead atoms. The first-order valence-electron chi connectivity index (χ1n) is 7.36. The molecule has 3 N–H and O–H groups in total. The number of nitrogens with one attached hydrogen (secondary N) is 2. The van der Waals surface area contributed by atoms with E-state index in [2.05, 4.69) is 15.5 Å². The molecule has 0 aromatic rings. The summed E-state index contributed by atoms with van der Waals surface area (Å²) in [6.07, 6.45) is 2.31. The van der Waals surface area contributed by atoms with Gasteiger partial charge < -0.3 is 20.6 Å². The number of likely N-dealkylation sites (tertiary alicyclic amines) is 1. The fourth-order valence-corrected chi connectivity index (χ4v) is 2.46. The van der Waals surface area contributed by atoms with Crippen molar-refractivity contribution in [3.63, 3.8) is 0 Å². The van der Waals surface area contributed by atoms with E-state index in [0.29, 0.717) is 25.4 Å². The molecule has 1 heterocycles. The summed E-state index contributed by atoms with van der Waals surface area (Å²) in [6.45, 7) is 6.21. The molecular formula is C14H26N4O2. The van der Waals surface area contributed by atoms with Crippen molar-refractivity contribution in [3.8, 4) is 6.07 Å². The van der Waals surface area contributed by atoms with Crippen molar-refractivity contribution >= 4 is 5.91 Å². The maximum absolute atomic E-state index is 11.4. The Morgan fingerprint density at radius 1 is 1.50 bits per heavy atom. The van der Waals surface area contributed by atoms with Gasteiger partial charge in [0.25, 0.3) is 0 Å². The predicted octanol–water partition coefficient (Wildman–Crippen LogP) is -0.301. The van der Waals surface area contributed by atoms with Crippen LogP contribution in [0.1, 0.15) is 26.2 Å². The minimum atomic E-state index is -0.262. The first kappa shape index (κ1) is 16.9. The lowest BCUT2D eigenvalue weighted by molar-refractivity contribution is -0.120. The van der Waals surface area contributed by atoms with E-state index in [4.69, 9.17) is 5.26 Å². The van der Waals surface area contributed by atoms with Crippen LogP contribution in [0.5, 0.6) is 0 Å². The van der Waals surface area contributed by atoms with Crippen LogP contribution >= 0.6 is 0 Å². The maximum Gasteiger partial charge on any atom is 0.233 e. The molecule has 1 saturated heterocycles. The van der Waals surface area contributed by atoms with Crippen LogP contribution in [0.15, 0.2) is 0 Å². The number of aliphatic hydroxyl groups is 1. The van der Waals surface area contributed by atoms with Crippen LogP contribution < -0.4 is 10.6 Å². The van der Waals surface area contributed by atoms with Crippen molar-refractivity contribution in [1.29, 1.82) is 5.26 Å². The minimum absolute atomic E-state index is 0.0493. The molecule has 20 heavy (non-hydrogen) atoms. The Morgan fingerprint density at radius 3 is 2.80 bits per heavy atom. The van der Waals surface area contributed by atoms with E-state index in [0.717, 1.165) is 39.0 Å². The third-order valence-electron chi connectivity index (χ3n) is 3.51. The largest absolute Gasteiger partial charge is 0.392 e. The summed E-state index contributed by atoms with van der Waals surface area (Å²) in [6, 6.07) is 1.99. The van der Waals surface area contributed by atoms with Crippen molar-refractivity contribution in [3.05, 3.63) is 0 Å². The highest BCUT2D eigenvalue weighted by Gasteiger charge is 2.19. The number of rotatable bonds is 8. The Morgan fingerprint density at radius 2 is 2.20 bits per heavy atom. The van der Waals surface area contributed by atoms with Crippen LogP contribution in [0.4, 0.5) is 0 Å². The van der Waals surface area contributed by atoms with Gasteiger partial charge in [-0.2, -0.15) is 5.26 Å². The molecule has 0 saturated carbocycles. The van der Waals surface area contributed by atoms with E-state index >= 15 is 0 Å². The Bertz CT molecular complexity index is 320. The molecule has 1 atom stereocenters. The fraction of sp³-hybridized carbons (Fsp3) is 0.857. The minimum Gasteiger partial charge on any atom is -0.392 e. The Labute approximate surface area is 121 Å². The molecule has 0 aliphatic carbocycles. The number of aliphatic hydroxyl groups excluding tert-OH is 1. The smallest absolute Gasteiger partial charge is 0.233 e. The molecule has 1 aliphatic rings. The van der Waals surface area contributed by atoms with Crippen LogP contribution in [0.3, 0.4) is 0 Å². The summed E-state index contributed by atoms with van der Waals surface area (Å²) in [5.41, 5.74) is 0. The summed E-state index contributed by atoms with van der Waals surface area (Å²) in [7, 11) is 0. The van der Waals surface area contributed by atoms with E-state index in [1.807, 2.05) is 13.0 Å². The third-order valence-corrected chi connectivity index (χ3v) is 3.51. The number of carbonyl (C=O) groups excluding carboxylic acids is 1. The second-order valence-corrected chi connectivity index (χ2v) is 5.48. The second-order valence-electron chi connectivity index (χ2n) is 5.48. The molecule has 6 nitrogen and oxygen atoms in total. The van der Waals surface area contributed by atoms with Crippen molar-refractivity contribution in [1.82, 2.24) is 15.5 Å². The lowest BCUT2D eigenvalue weighted by Crippen LogP contribution is -2.42. The summed E-state index contributed by atoms with van der Waals surface area (Å²) >= 11 is 0. The van der Waals surface area contributed by atoms with Crippen LogP contribution in [-0.4, -0.2) is 61.3 Å². The SMILES string of the molecule is C[C@H](O)CN1CCC(CNCC(=O)NCCC#N)CC1. The standard InChI is InChI=1S/C14H26N4O2/c1-12(19)11-18-7-3-13(4-8-18)9-16-10-14(20)17-6-2-5-15/h12-13,16,19H,2-4,6-11H2,1H3,(H,17,20)/t12-/m0/s1. The lowest BCUT2D eigenvalue weighted by atomic mass is 9.96. The van der Waals surface area contributed by atoms with Gasteiger partial charge in [-0.25, -0.2) is 0 Å². The summed E-state index contributed by atoms with van der Waals surface area (Å²) < 4.78 is 0. The molecule has 114 valence electrons. The first-order chi connectivity index (χ1) is 9.61. The number of amides is 1. The van der Waals surface area contributed by atoms with Gasteiger partial charge in [-0.05, 0) is 45.3 Å². The summed E-state index contributed by atoms with van der Waals surface area (Å²) in [4.78, 5) is 13.7. The molecule has 1 rings (SSSR count). The fourth-order valence-electron chi connectivity index (χ4n) is 2.46. The van der Waals surface area contributed by atoms with Gasteiger partial charge in [0.15, 0.2) is 0 Å². The highest BCUT2D eigenvalue weighted by molar-refractivity contribution is 5.77. The zero-order valence-electron chi connectivity index (χ0n) is 12.3. The average Bonchev–Trinajstić information content (AvgIpc) is 2.40. The van der Waals surface area contributed by atoms with Gasteiger partial charge in [0.05, 0.1) is 25.1 Å². The van der Waals surface area contributed by atoms with E-state index in [1.54, 1.807) is 0 Å². The zero-order chi connectivity index (χ0) is 14.8. The van der Waals surface area contributed by atoms with E-state index < -0.39 is 0 Å². The topological polar surface area (TPSA) is 88.4 Å². The van der Waals surface area contributed by atoms with Gasteiger partial charge in [-0.3, -0.25) is 4.79 Å². The van der Waals surface area contributed by atoms with E-state index in [-0.39, 0.29) is 12.0 Å². The highest BCUT2D eigenvalue weighted by Crippen LogP contribution is 2.16. The zero-order valence-corrected chi connectivity index (χ0v) is 12.3. The number of β-amino-alcohol motifs (C(OH)–C–C–N with tert-alkyl or cyclic N) is 1. The predicted molar refractivity (Wildman–Crippen MR) is 77.0 cm³/mol. The second kappa shape index (κ2) is 9.70. The summed E-state index contributed by atoms with van der Waals surface area (Å²) in [5, 5.41) is 23.6. The third kappa shape index (κ3) is 7.43. The molecule has 0 radical (unpaired) electrons. The first-order valence-corrected chi connectivity index (χ1v) is 7.36. The van der Waals surface area contributed by atoms with Gasteiger partial charge in [0.1, 0.15) is 0 Å². The molecule has 1 amide bonds. The Kier molecular flexibility index (Phi) is 8.19. The Balaban J connectivity index is 2.04. The quantitative estimate of drug-likeness (QED) is 0.532. The van der Waals surface area contributed by atoms with Gasteiger partial charge in [-0.1, -0.05) is 0 Å². The van der Waals surface area contributed by atoms with E-state index in [9.17, 15) is 9.90 Å². The number of nitrogens with zero attached hydrogens (tertiary/aromatic N) is 2. The van der Waals surface area contributed by atoms with Crippen LogP contribution in [0.2, 0.25) is 0 Å². The Hall–Kier alpha value is -1.16. The monoisotopic (exact) mass is 282 g/mol. The van der Waals surface area contributed by atoms with Crippen molar-refractivity contribution in [2.24, 2.45) is 5.92 Å². The molecular weight excluding hydrogens is 256 g/mol. The van der Waals surface area contributed by atoms with Crippen molar-refractivity contribution < 1.29 is 9.90 Å². The molecule has 0 aromatic heterocycles. The summed E-state index contributed by atoms with van der Waals surface area (Å²) in [5.74, 6) is 0.555. The number of hydrogen-bond donors (Lipinski definition) is 3. The van der Waals surface area contributed by atoms with E-state index in [1.165, 1.54) is 0 Å². The van der Waals surface area contributed by atoms with Gasteiger partial charge in [0.2, 0.25) is 5.91 Å². The number of carbonyl (C=O) groups is 1. The van der Waals surface area contributed by atoms with Crippen LogP contribution in [0, 0.1) is 17.2 Å². The molecule has 0 unspecified atom stereocenters. The average molecular weight is 282 g/mol. The number of piperidine rings is 1. The number of nitriles is 1. The molecule has 1 aliphatic heterocycles. The molecule has 0 spiro atoms. The normalized spacial score (nSPS) is 18.4. The van der Waals surface area contributed by atoms with Crippen LogP contribution in [-0.2, 0) is 4.79 Å². The van der Waals surface area contributed by atoms with Crippen molar-refractivity contribution in [2.45, 2.75) is 32.3 Å². The van der Waals surface area contributed by atoms with Crippen LogP contribution in [0.25, 0.3) is 0 Å². The highest BCUT2D eigenvalue weighted by atomic mass is 16.3. The molecule has 0 aromatic carbocycles. The van der Waals surface area contributed by atoms with Gasteiger partial charge in [-0.15, -0.1) is 0 Å². The lowest BCUT2D eigenvalue weighted by Gasteiger charge is -2.32. The van der Waals surface area contributed by atoms with Gasteiger partial charge in [0, 0.05) is 13.1 Å².